The van der Waals surface area contributed by atoms with Crippen LogP contribution in [-0.2, 0) is 10.2 Å². The molecule has 28 heavy (non-hydrogen) atoms. The number of rotatable bonds is 6. The van der Waals surface area contributed by atoms with Crippen LogP contribution in [0.4, 0.5) is 10.5 Å². The summed E-state index contributed by atoms with van der Waals surface area (Å²) in [7, 11) is 1.70. The van der Waals surface area contributed by atoms with Gasteiger partial charge >= 0.3 is 6.03 Å². The van der Waals surface area contributed by atoms with Crippen molar-refractivity contribution in [2.45, 2.75) is 50.4 Å². The van der Waals surface area contributed by atoms with Gasteiger partial charge in [-0.3, -0.25) is 0 Å². The minimum atomic E-state index is -0.325. The largest absolute Gasteiger partial charge is 0.385 e. The van der Waals surface area contributed by atoms with Gasteiger partial charge in [0, 0.05) is 38.4 Å². The minimum absolute atomic E-state index is 0.0818. The van der Waals surface area contributed by atoms with Crippen LogP contribution in [-0.4, -0.2) is 47.9 Å². The Morgan fingerprint density at radius 1 is 1.39 bits per heavy atom. The van der Waals surface area contributed by atoms with Crippen molar-refractivity contribution in [3.63, 3.8) is 0 Å². The van der Waals surface area contributed by atoms with Crippen molar-refractivity contribution in [1.29, 1.82) is 0 Å². The van der Waals surface area contributed by atoms with Gasteiger partial charge in [0.25, 0.3) is 0 Å². The van der Waals surface area contributed by atoms with Gasteiger partial charge in [-0.05, 0) is 50.7 Å². The molecule has 2 amide bonds. The van der Waals surface area contributed by atoms with Gasteiger partial charge in [0.1, 0.15) is 0 Å². The average Bonchev–Trinajstić information content (AvgIpc) is 3.44. The highest BCUT2D eigenvalue weighted by Crippen LogP contribution is 2.41. The SMILES string of the molecule is COCCC1(c2noc(C3CC3)n2)CCCN(C(=O)Nc2ccccc2C)C1. The quantitative estimate of drug-likeness (QED) is 0.818. The monoisotopic (exact) mass is 384 g/mol. The van der Waals surface area contributed by atoms with Gasteiger partial charge in [-0.1, -0.05) is 23.4 Å². The van der Waals surface area contributed by atoms with E-state index in [1.165, 1.54) is 0 Å². The Balaban J connectivity index is 1.53. The maximum absolute atomic E-state index is 13.0. The standard InChI is InChI=1S/C21H28N4O3/c1-15-6-3-4-7-17(15)22-20(26)25-12-5-10-21(14-25,11-13-27-2)19-23-18(28-24-19)16-8-9-16/h3-4,6-7,16H,5,8-14H2,1-2H3,(H,22,26). The summed E-state index contributed by atoms with van der Waals surface area (Å²) in [5, 5.41) is 7.37. The molecule has 2 heterocycles. The number of aromatic nitrogens is 2. The van der Waals surface area contributed by atoms with Crippen molar-refractivity contribution in [3.05, 3.63) is 41.5 Å². The van der Waals surface area contributed by atoms with E-state index in [4.69, 9.17) is 14.2 Å². The molecule has 2 aromatic rings. The molecule has 1 aliphatic carbocycles. The van der Waals surface area contributed by atoms with Crippen LogP contribution in [0.25, 0.3) is 0 Å². The van der Waals surface area contributed by atoms with Crippen molar-refractivity contribution in [2.24, 2.45) is 0 Å². The second-order valence-electron chi connectivity index (χ2n) is 8.02. The van der Waals surface area contributed by atoms with Crippen LogP contribution in [0.5, 0.6) is 0 Å². The maximum Gasteiger partial charge on any atom is 0.321 e. The lowest BCUT2D eigenvalue weighted by molar-refractivity contribution is 0.111. The summed E-state index contributed by atoms with van der Waals surface area (Å²) in [5.41, 5.74) is 1.57. The summed E-state index contributed by atoms with van der Waals surface area (Å²) in [5.74, 6) is 1.89. The van der Waals surface area contributed by atoms with Crippen LogP contribution in [0, 0.1) is 6.92 Å². The van der Waals surface area contributed by atoms with Gasteiger partial charge in [0.15, 0.2) is 5.82 Å². The molecule has 1 aromatic heterocycles. The van der Waals surface area contributed by atoms with E-state index in [9.17, 15) is 4.79 Å². The number of hydrogen-bond donors (Lipinski definition) is 1. The number of aryl methyl sites for hydroxylation is 1. The second-order valence-corrected chi connectivity index (χ2v) is 8.02. The molecule has 7 nitrogen and oxygen atoms in total. The number of amides is 2. The van der Waals surface area contributed by atoms with Crippen LogP contribution < -0.4 is 5.32 Å². The van der Waals surface area contributed by atoms with Crippen molar-refractivity contribution in [1.82, 2.24) is 15.0 Å². The van der Waals surface area contributed by atoms with Crippen LogP contribution in [0.2, 0.25) is 0 Å². The van der Waals surface area contributed by atoms with E-state index in [-0.39, 0.29) is 11.4 Å². The summed E-state index contributed by atoms with van der Waals surface area (Å²) >= 11 is 0. The van der Waals surface area contributed by atoms with Gasteiger partial charge in [-0.25, -0.2) is 4.79 Å². The van der Waals surface area contributed by atoms with Crippen LogP contribution in [0.1, 0.15) is 55.3 Å². The summed E-state index contributed by atoms with van der Waals surface area (Å²) in [4.78, 5) is 19.6. The topological polar surface area (TPSA) is 80.5 Å². The van der Waals surface area contributed by atoms with Gasteiger partial charge in [0.05, 0.1) is 5.41 Å². The Hall–Kier alpha value is -2.41. The number of carbonyl (C=O) groups is 1. The number of benzene rings is 1. The third-order valence-corrected chi connectivity index (χ3v) is 5.88. The number of piperidine rings is 1. The van der Waals surface area contributed by atoms with Gasteiger partial charge in [-0.2, -0.15) is 4.98 Å². The Bertz CT molecular complexity index is 833. The van der Waals surface area contributed by atoms with E-state index in [1.54, 1.807) is 7.11 Å². The van der Waals surface area contributed by atoms with Crippen LogP contribution in [0.15, 0.2) is 28.8 Å². The molecule has 1 unspecified atom stereocenters. The highest BCUT2D eigenvalue weighted by atomic mass is 16.5. The molecule has 0 spiro atoms. The number of likely N-dealkylation sites (tertiary alicyclic amines) is 1. The Labute approximate surface area is 165 Å². The van der Waals surface area contributed by atoms with Crippen molar-refractivity contribution in [2.75, 3.05) is 32.1 Å². The summed E-state index contributed by atoms with van der Waals surface area (Å²) in [6.45, 7) is 3.88. The fourth-order valence-corrected chi connectivity index (χ4v) is 3.96. The smallest absolute Gasteiger partial charge is 0.321 e. The molecule has 0 bridgehead atoms. The van der Waals surface area contributed by atoms with Crippen molar-refractivity contribution in [3.8, 4) is 0 Å². The first kappa shape index (κ1) is 18.9. The third-order valence-electron chi connectivity index (χ3n) is 5.88. The van der Waals surface area contributed by atoms with Crippen LogP contribution >= 0.6 is 0 Å². The fraction of sp³-hybridized carbons (Fsp3) is 0.571. The lowest BCUT2D eigenvalue weighted by Crippen LogP contribution is -2.50. The molecule has 1 saturated carbocycles. The number of anilines is 1. The lowest BCUT2D eigenvalue weighted by atomic mass is 9.76. The predicted molar refractivity (Wildman–Crippen MR) is 105 cm³/mol. The first-order valence-electron chi connectivity index (χ1n) is 10.1. The van der Waals surface area contributed by atoms with Crippen LogP contribution in [0.3, 0.4) is 0 Å². The maximum atomic E-state index is 13.0. The highest BCUT2D eigenvalue weighted by Gasteiger charge is 2.43. The summed E-state index contributed by atoms with van der Waals surface area (Å²) in [6, 6.07) is 7.74. The van der Waals surface area contributed by atoms with Crippen molar-refractivity contribution < 1.29 is 14.1 Å². The highest BCUT2D eigenvalue weighted by molar-refractivity contribution is 5.90. The molecule has 2 fully saturated rings. The molecule has 1 saturated heterocycles. The second kappa shape index (κ2) is 7.91. The fourth-order valence-electron chi connectivity index (χ4n) is 3.96. The molecule has 1 atom stereocenters. The molecule has 7 heteroatoms. The average molecular weight is 384 g/mol. The first-order valence-corrected chi connectivity index (χ1v) is 10.1. The van der Waals surface area contributed by atoms with E-state index in [1.807, 2.05) is 36.1 Å². The van der Waals surface area contributed by atoms with E-state index >= 15 is 0 Å². The van der Waals surface area contributed by atoms with E-state index in [0.717, 1.165) is 61.6 Å². The van der Waals surface area contributed by atoms with Gasteiger partial charge in [-0.15, -0.1) is 0 Å². The third kappa shape index (κ3) is 3.90. The Morgan fingerprint density at radius 2 is 2.21 bits per heavy atom. The number of urea groups is 1. The summed E-state index contributed by atoms with van der Waals surface area (Å²) < 4.78 is 10.9. The number of nitrogens with zero attached hydrogens (tertiary/aromatic N) is 3. The molecular formula is C21H28N4O3. The molecule has 1 N–H and O–H groups in total. The molecule has 0 radical (unpaired) electrons. The number of ether oxygens (including phenoxy) is 1. The molecule has 2 aliphatic rings. The Morgan fingerprint density at radius 3 is 2.96 bits per heavy atom. The molecule has 1 aliphatic heterocycles. The van der Waals surface area contributed by atoms with E-state index < -0.39 is 0 Å². The molecule has 150 valence electrons. The predicted octanol–water partition coefficient (Wildman–Crippen LogP) is 3.86. The zero-order chi connectivity index (χ0) is 19.6. The number of carbonyl (C=O) groups excluding carboxylic acids is 1. The zero-order valence-corrected chi connectivity index (χ0v) is 16.6. The minimum Gasteiger partial charge on any atom is -0.385 e. The molecule has 1 aromatic carbocycles. The number of para-hydroxylation sites is 1. The lowest BCUT2D eigenvalue weighted by Gasteiger charge is -2.40. The number of hydrogen-bond acceptors (Lipinski definition) is 5. The van der Waals surface area contributed by atoms with E-state index in [2.05, 4.69) is 10.5 Å². The molecule has 4 rings (SSSR count). The molecular weight excluding hydrogens is 356 g/mol. The summed E-state index contributed by atoms with van der Waals surface area (Å²) in [6.07, 6.45) is 4.84. The van der Waals surface area contributed by atoms with Crippen molar-refractivity contribution >= 4 is 11.7 Å². The van der Waals surface area contributed by atoms with E-state index in [0.29, 0.717) is 19.1 Å². The Kier molecular flexibility index (Phi) is 5.35. The van der Waals surface area contributed by atoms with Gasteiger partial charge < -0.3 is 19.5 Å². The normalized spacial score (nSPS) is 22.3. The number of nitrogens with one attached hydrogen (secondary N) is 1. The van der Waals surface area contributed by atoms with Gasteiger partial charge in [0.2, 0.25) is 5.89 Å². The number of methoxy groups -OCH3 is 1. The first-order chi connectivity index (χ1) is 13.6. The zero-order valence-electron chi connectivity index (χ0n) is 16.6.